The molecule has 4 aromatic rings. The van der Waals surface area contributed by atoms with Gasteiger partial charge in [0.25, 0.3) is 5.91 Å². The molecule has 5 rings (SSSR count). The van der Waals surface area contributed by atoms with Gasteiger partial charge in [-0.1, -0.05) is 30.3 Å². The number of rotatable bonds is 4. The first kappa shape index (κ1) is 19.1. The summed E-state index contributed by atoms with van der Waals surface area (Å²) in [4.78, 5) is 22.0. The summed E-state index contributed by atoms with van der Waals surface area (Å²) < 4.78 is 3.45. The highest BCUT2D eigenvalue weighted by molar-refractivity contribution is 7.13. The van der Waals surface area contributed by atoms with Crippen molar-refractivity contribution >= 4 is 17.2 Å². The smallest absolute Gasteiger partial charge is 0.270 e. The molecule has 1 atom stereocenters. The van der Waals surface area contributed by atoms with Crippen molar-refractivity contribution in [2.45, 2.75) is 25.4 Å². The van der Waals surface area contributed by atoms with Gasteiger partial charge < -0.3 is 5.32 Å². The van der Waals surface area contributed by atoms with E-state index >= 15 is 0 Å². The van der Waals surface area contributed by atoms with Crippen LogP contribution in [0.25, 0.3) is 22.0 Å². The van der Waals surface area contributed by atoms with Gasteiger partial charge in [-0.3, -0.25) is 9.48 Å². The van der Waals surface area contributed by atoms with Crippen LogP contribution in [-0.4, -0.2) is 41.5 Å². The van der Waals surface area contributed by atoms with E-state index in [0.717, 1.165) is 17.8 Å². The fourth-order valence-corrected chi connectivity index (χ4v) is 4.46. The molecule has 3 aromatic heterocycles. The molecule has 0 saturated carbocycles. The van der Waals surface area contributed by atoms with Crippen molar-refractivity contribution in [3.05, 3.63) is 59.1 Å². The number of hydrogen-bond donors (Lipinski definition) is 1. The van der Waals surface area contributed by atoms with E-state index in [1.807, 2.05) is 41.1 Å². The van der Waals surface area contributed by atoms with Crippen molar-refractivity contribution < 1.29 is 4.79 Å². The molecule has 0 bridgehead atoms. The van der Waals surface area contributed by atoms with Crippen molar-refractivity contribution in [3.8, 4) is 28.0 Å². The minimum Gasteiger partial charge on any atom is -0.347 e. The van der Waals surface area contributed by atoms with Gasteiger partial charge in [-0.2, -0.15) is 15.5 Å². The van der Waals surface area contributed by atoms with Crippen LogP contribution in [0.1, 0.15) is 28.4 Å². The van der Waals surface area contributed by atoms with Crippen molar-refractivity contribution in [2.75, 3.05) is 0 Å². The van der Waals surface area contributed by atoms with Crippen LogP contribution < -0.4 is 5.32 Å². The van der Waals surface area contributed by atoms with Gasteiger partial charge in [0.05, 0.1) is 11.8 Å². The van der Waals surface area contributed by atoms with Crippen LogP contribution in [0.4, 0.5) is 0 Å². The monoisotopic (exact) mass is 430 g/mol. The molecule has 1 amide bonds. The van der Waals surface area contributed by atoms with Gasteiger partial charge in [-0.15, -0.1) is 11.3 Å². The molecule has 0 spiro atoms. The molecule has 31 heavy (non-hydrogen) atoms. The van der Waals surface area contributed by atoms with Gasteiger partial charge in [0.2, 0.25) is 0 Å². The lowest BCUT2D eigenvalue weighted by molar-refractivity contribution is 0.0921. The number of hydrogen-bond acceptors (Lipinski definition) is 7. The van der Waals surface area contributed by atoms with Crippen LogP contribution >= 0.6 is 11.3 Å². The Kier molecular flexibility index (Phi) is 4.80. The standard InChI is InChI=1S/C21H18N8OS/c1-28-18(16(11-23-28)21-25-15(10-22)12-31-21)20(30)24-14-7-8-29-17(9-14)26-19(27-29)13-5-3-2-4-6-13/h2-6,11-12,14H,7-9H2,1H3,(H,24,30). The van der Waals surface area contributed by atoms with Gasteiger partial charge >= 0.3 is 0 Å². The average molecular weight is 430 g/mol. The molecular weight excluding hydrogens is 412 g/mol. The van der Waals surface area contributed by atoms with E-state index in [0.29, 0.717) is 40.7 Å². The zero-order valence-electron chi connectivity index (χ0n) is 16.7. The largest absolute Gasteiger partial charge is 0.347 e. The number of benzene rings is 1. The highest BCUT2D eigenvalue weighted by Gasteiger charge is 2.27. The number of fused-ring (bicyclic) bond motifs is 1. The molecule has 1 aliphatic rings. The number of nitrogens with zero attached hydrogens (tertiary/aromatic N) is 7. The summed E-state index contributed by atoms with van der Waals surface area (Å²) in [7, 11) is 1.72. The Balaban J connectivity index is 1.34. The van der Waals surface area contributed by atoms with Crippen molar-refractivity contribution in [1.29, 1.82) is 5.26 Å². The molecule has 4 heterocycles. The maximum Gasteiger partial charge on any atom is 0.270 e. The molecule has 154 valence electrons. The molecule has 1 unspecified atom stereocenters. The highest BCUT2D eigenvalue weighted by atomic mass is 32.1. The molecule has 0 saturated heterocycles. The fraction of sp³-hybridized carbons (Fsp3) is 0.238. The zero-order chi connectivity index (χ0) is 21.4. The van der Waals surface area contributed by atoms with Crippen LogP contribution in [0.2, 0.25) is 0 Å². The van der Waals surface area contributed by atoms with E-state index < -0.39 is 0 Å². The van der Waals surface area contributed by atoms with Crippen molar-refractivity contribution in [1.82, 2.24) is 34.8 Å². The number of carbonyl (C=O) groups is 1. The first-order chi connectivity index (χ1) is 15.1. The van der Waals surface area contributed by atoms with Gasteiger partial charge in [0, 0.05) is 37.0 Å². The number of carbonyl (C=O) groups excluding carboxylic acids is 1. The van der Waals surface area contributed by atoms with E-state index in [9.17, 15) is 4.79 Å². The topological polar surface area (TPSA) is 114 Å². The lowest BCUT2D eigenvalue weighted by Crippen LogP contribution is -2.41. The number of aryl methyl sites for hydroxylation is 2. The molecule has 1 N–H and O–H groups in total. The number of nitriles is 1. The van der Waals surface area contributed by atoms with E-state index in [2.05, 4.69) is 25.5 Å². The SMILES string of the molecule is Cn1ncc(-c2nc(C#N)cs2)c1C(=O)NC1CCn2nc(-c3ccccc3)nc2C1. The molecule has 0 fully saturated rings. The second kappa shape index (κ2) is 7.77. The first-order valence-corrected chi connectivity index (χ1v) is 10.7. The zero-order valence-corrected chi connectivity index (χ0v) is 17.5. The molecule has 10 heteroatoms. The summed E-state index contributed by atoms with van der Waals surface area (Å²) in [5.74, 6) is 1.35. The van der Waals surface area contributed by atoms with Crippen molar-refractivity contribution in [3.63, 3.8) is 0 Å². The summed E-state index contributed by atoms with van der Waals surface area (Å²) in [6, 6.07) is 11.8. The lowest BCUT2D eigenvalue weighted by atomic mass is 10.1. The minimum absolute atomic E-state index is 0.0541. The Morgan fingerprint density at radius 2 is 2.13 bits per heavy atom. The number of aromatic nitrogens is 6. The highest BCUT2D eigenvalue weighted by Crippen LogP contribution is 2.27. The minimum atomic E-state index is -0.218. The van der Waals surface area contributed by atoms with E-state index in [4.69, 9.17) is 5.26 Å². The van der Waals surface area contributed by atoms with Gasteiger partial charge in [-0.25, -0.2) is 14.6 Å². The molecule has 1 aromatic carbocycles. The fourth-order valence-electron chi connectivity index (χ4n) is 3.70. The first-order valence-electron chi connectivity index (χ1n) is 9.80. The Hall–Kier alpha value is -3.84. The maximum absolute atomic E-state index is 13.1. The second-order valence-electron chi connectivity index (χ2n) is 7.28. The summed E-state index contributed by atoms with van der Waals surface area (Å²) in [6.07, 6.45) is 2.98. The van der Waals surface area contributed by atoms with Gasteiger partial charge in [0.15, 0.2) is 11.5 Å². The molecule has 1 aliphatic heterocycles. The summed E-state index contributed by atoms with van der Waals surface area (Å²) in [5.41, 5.74) is 2.36. The Morgan fingerprint density at radius 3 is 2.90 bits per heavy atom. The average Bonchev–Trinajstić information content (AvgIpc) is 3.51. The quantitative estimate of drug-likeness (QED) is 0.532. The Labute approximate surface area is 182 Å². The Morgan fingerprint density at radius 1 is 1.29 bits per heavy atom. The van der Waals surface area contributed by atoms with E-state index in [-0.39, 0.29) is 11.9 Å². The third-order valence-electron chi connectivity index (χ3n) is 5.24. The van der Waals surface area contributed by atoms with Gasteiger partial charge in [-0.05, 0) is 6.42 Å². The predicted octanol–water partition coefficient (Wildman–Crippen LogP) is 2.42. The lowest BCUT2D eigenvalue weighted by Gasteiger charge is -2.23. The van der Waals surface area contributed by atoms with Crippen LogP contribution in [-0.2, 0) is 20.0 Å². The number of nitrogens with one attached hydrogen (secondary N) is 1. The normalized spacial score (nSPS) is 15.3. The van der Waals surface area contributed by atoms with Crippen LogP contribution in [0, 0.1) is 11.3 Å². The molecule has 9 nitrogen and oxygen atoms in total. The molecule has 0 aliphatic carbocycles. The second-order valence-corrected chi connectivity index (χ2v) is 8.14. The summed E-state index contributed by atoms with van der Waals surface area (Å²) >= 11 is 1.32. The van der Waals surface area contributed by atoms with Crippen LogP contribution in [0.15, 0.2) is 41.9 Å². The number of thiazole rings is 1. The van der Waals surface area contributed by atoms with Crippen LogP contribution in [0.3, 0.4) is 0 Å². The van der Waals surface area contributed by atoms with Gasteiger partial charge in [0.1, 0.15) is 22.6 Å². The summed E-state index contributed by atoms with van der Waals surface area (Å²) in [5, 5.41) is 23.3. The Bertz CT molecular complexity index is 1300. The number of amides is 1. The van der Waals surface area contributed by atoms with E-state index in [1.165, 1.54) is 16.0 Å². The summed E-state index contributed by atoms with van der Waals surface area (Å²) in [6.45, 7) is 0.691. The van der Waals surface area contributed by atoms with Crippen molar-refractivity contribution in [2.24, 2.45) is 7.05 Å². The third kappa shape index (κ3) is 3.60. The predicted molar refractivity (Wildman–Crippen MR) is 114 cm³/mol. The molecule has 0 radical (unpaired) electrons. The maximum atomic E-state index is 13.1. The van der Waals surface area contributed by atoms with Crippen LogP contribution in [0.5, 0.6) is 0 Å². The van der Waals surface area contributed by atoms with E-state index in [1.54, 1.807) is 18.6 Å². The third-order valence-corrected chi connectivity index (χ3v) is 6.11. The molecular formula is C21H18N8OS.